The zero-order chi connectivity index (χ0) is 19.6. The van der Waals surface area contributed by atoms with Crippen molar-refractivity contribution in [2.75, 3.05) is 32.7 Å². The van der Waals surface area contributed by atoms with Gasteiger partial charge in [-0.15, -0.1) is 35.3 Å². The molecule has 1 saturated heterocycles. The number of aromatic nitrogens is 1. The van der Waals surface area contributed by atoms with Crippen LogP contribution in [0.3, 0.4) is 0 Å². The third-order valence-electron chi connectivity index (χ3n) is 5.19. The highest BCUT2D eigenvalue weighted by atomic mass is 127. The number of aliphatic imine (C=N–C) groups is 1. The third kappa shape index (κ3) is 7.90. The second-order valence-electron chi connectivity index (χ2n) is 7.12. The SMILES string of the molecule is CCc1cnc(CCNC(=NCC2CCCN2CC)NCCc2ccco2)s1.I. The minimum absolute atomic E-state index is 0. The van der Waals surface area contributed by atoms with E-state index in [1.807, 2.05) is 29.7 Å². The first kappa shape index (κ1) is 24.1. The van der Waals surface area contributed by atoms with Crippen molar-refractivity contribution >= 4 is 41.3 Å². The second kappa shape index (κ2) is 13.2. The van der Waals surface area contributed by atoms with E-state index < -0.39 is 0 Å². The highest BCUT2D eigenvalue weighted by molar-refractivity contribution is 14.0. The van der Waals surface area contributed by atoms with Crippen molar-refractivity contribution in [1.29, 1.82) is 0 Å². The lowest BCUT2D eigenvalue weighted by Crippen LogP contribution is -2.41. The zero-order valence-electron chi connectivity index (χ0n) is 17.5. The molecule has 0 aromatic carbocycles. The fraction of sp³-hybridized carbons (Fsp3) is 0.619. The van der Waals surface area contributed by atoms with Crippen LogP contribution in [0.15, 0.2) is 34.0 Å². The molecule has 162 valence electrons. The van der Waals surface area contributed by atoms with Crippen LogP contribution >= 0.6 is 35.3 Å². The van der Waals surface area contributed by atoms with Gasteiger partial charge in [0.15, 0.2) is 5.96 Å². The zero-order valence-corrected chi connectivity index (χ0v) is 20.7. The molecule has 1 unspecified atom stereocenters. The molecule has 8 heteroatoms. The van der Waals surface area contributed by atoms with Gasteiger partial charge >= 0.3 is 0 Å². The van der Waals surface area contributed by atoms with E-state index in [4.69, 9.17) is 9.41 Å². The minimum atomic E-state index is 0. The number of aryl methyl sites for hydroxylation is 1. The van der Waals surface area contributed by atoms with Gasteiger partial charge < -0.3 is 15.1 Å². The lowest BCUT2D eigenvalue weighted by atomic mass is 10.2. The maximum atomic E-state index is 5.42. The molecule has 0 radical (unpaired) electrons. The van der Waals surface area contributed by atoms with Crippen LogP contribution in [0.5, 0.6) is 0 Å². The normalized spacial score (nSPS) is 17.3. The van der Waals surface area contributed by atoms with Crippen LogP contribution in [-0.2, 0) is 19.3 Å². The molecular weight excluding hydrogens is 497 g/mol. The summed E-state index contributed by atoms with van der Waals surface area (Å²) in [5, 5.41) is 8.14. The van der Waals surface area contributed by atoms with Crippen molar-refractivity contribution in [3.05, 3.63) is 40.2 Å². The summed E-state index contributed by atoms with van der Waals surface area (Å²) in [6.45, 7) is 9.21. The van der Waals surface area contributed by atoms with E-state index in [1.165, 1.54) is 29.3 Å². The number of guanidine groups is 1. The van der Waals surface area contributed by atoms with Gasteiger partial charge in [-0.1, -0.05) is 13.8 Å². The first-order valence-electron chi connectivity index (χ1n) is 10.5. The maximum Gasteiger partial charge on any atom is 0.191 e. The molecule has 2 N–H and O–H groups in total. The Morgan fingerprint density at radius 2 is 2.14 bits per heavy atom. The fourth-order valence-corrected chi connectivity index (χ4v) is 4.42. The van der Waals surface area contributed by atoms with Crippen LogP contribution in [0.2, 0.25) is 0 Å². The lowest BCUT2D eigenvalue weighted by Gasteiger charge is -2.21. The van der Waals surface area contributed by atoms with E-state index in [2.05, 4.69) is 34.4 Å². The van der Waals surface area contributed by atoms with E-state index in [9.17, 15) is 0 Å². The molecule has 0 spiro atoms. The fourth-order valence-electron chi connectivity index (χ4n) is 3.56. The van der Waals surface area contributed by atoms with Gasteiger partial charge in [0.1, 0.15) is 5.76 Å². The van der Waals surface area contributed by atoms with Crippen molar-refractivity contribution in [1.82, 2.24) is 20.5 Å². The number of nitrogens with zero attached hydrogens (tertiary/aromatic N) is 3. The number of nitrogens with one attached hydrogen (secondary N) is 2. The molecular formula is C21H34IN5OS. The summed E-state index contributed by atoms with van der Waals surface area (Å²) in [7, 11) is 0. The van der Waals surface area contributed by atoms with Gasteiger partial charge in [0.25, 0.3) is 0 Å². The number of furan rings is 1. The average molecular weight is 532 g/mol. The Labute approximate surface area is 195 Å². The number of likely N-dealkylation sites (tertiary alicyclic amines) is 1. The predicted octanol–water partition coefficient (Wildman–Crippen LogP) is 3.72. The van der Waals surface area contributed by atoms with Gasteiger partial charge in [-0.05, 0) is 44.5 Å². The quantitative estimate of drug-likeness (QED) is 0.278. The van der Waals surface area contributed by atoms with Crippen LogP contribution in [0, 0.1) is 0 Å². The van der Waals surface area contributed by atoms with Crippen molar-refractivity contribution < 1.29 is 4.42 Å². The molecule has 0 aliphatic carbocycles. The Morgan fingerprint density at radius 1 is 1.31 bits per heavy atom. The summed E-state index contributed by atoms with van der Waals surface area (Å²) >= 11 is 1.81. The van der Waals surface area contributed by atoms with Crippen LogP contribution < -0.4 is 10.6 Å². The Morgan fingerprint density at radius 3 is 2.83 bits per heavy atom. The molecule has 1 atom stereocenters. The molecule has 1 aliphatic heterocycles. The van der Waals surface area contributed by atoms with E-state index in [1.54, 1.807) is 6.26 Å². The average Bonchev–Trinajstić information content (AvgIpc) is 3.46. The van der Waals surface area contributed by atoms with Gasteiger partial charge in [0.05, 0.1) is 17.8 Å². The molecule has 0 amide bonds. The first-order chi connectivity index (χ1) is 13.8. The molecule has 0 bridgehead atoms. The largest absolute Gasteiger partial charge is 0.469 e. The molecule has 2 aromatic rings. The smallest absolute Gasteiger partial charge is 0.191 e. The minimum Gasteiger partial charge on any atom is -0.469 e. The number of hydrogen-bond acceptors (Lipinski definition) is 5. The number of rotatable bonds is 10. The Balaban J connectivity index is 0.00000300. The summed E-state index contributed by atoms with van der Waals surface area (Å²) in [4.78, 5) is 13.3. The predicted molar refractivity (Wildman–Crippen MR) is 132 cm³/mol. The molecule has 3 rings (SSSR count). The second-order valence-corrected chi connectivity index (χ2v) is 8.32. The number of likely N-dealkylation sites (N-methyl/N-ethyl adjacent to an activating group) is 1. The summed E-state index contributed by atoms with van der Waals surface area (Å²) in [5.74, 6) is 1.89. The highest BCUT2D eigenvalue weighted by Gasteiger charge is 2.22. The van der Waals surface area contributed by atoms with Gasteiger partial charge in [-0.3, -0.25) is 9.89 Å². The number of halogens is 1. The van der Waals surface area contributed by atoms with Gasteiger partial charge in [0, 0.05) is 43.0 Å². The Bertz CT molecular complexity index is 718. The highest BCUT2D eigenvalue weighted by Crippen LogP contribution is 2.16. The Hall–Kier alpha value is -1.13. The summed E-state index contributed by atoms with van der Waals surface area (Å²) < 4.78 is 5.42. The molecule has 1 aliphatic rings. The summed E-state index contributed by atoms with van der Waals surface area (Å²) in [6.07, 6.45) is 9.08. The van der Waals surface area contributed by atoms with Gasteiger partial charge in [0.2, 0.25) is 0 Å². The molecule has 2 aromatic heterocycles. The van der Waals surface area contributed by atoms with Crippen molar-refractivity contribution in [3.8, 4) is 0 Å². The van der Waals surface area contributed by atoms with Crippen molar-refractivity contribution in [2.45, 2.75) is 52.0 Å². The first-order valence-corrected chi connectivity index (χ1v) is 11.3. The van der Waals surface area contributed by atoms with Gasteiger partial charge in [-0.2, -0.15) is 0 Å². The number of thiazole rings is 1. The van der Waals surface area contributed by atoms with E-state index in [0.717, 1.165) is 57.2 Å². The van der Waals surface area contributed by atoms with Crippen LogP contribution in [0.1, 0.15) is 42.3 Å². The van der Waals surface area contributed by atoms with Crippen LogP contribution in [0.4, 0.5) is 0 Å². The van der Waals surface area contributed by atoms with Crippen molar-refractivity contribution in [3.63, 3.8) is 0 Å². The number of hydrogen-bond donors (Lipinski definition) is 2. The molecule has 6 nitrogen and oxygen atoms in total. The van der Waals surface area contributed by atoms with E-state index in [-0.39, 0.29) is 24.0 Å². The lowest BCUT2D eigenvalue weighted by molar-refractivity contribution is 0.273. The molecule has 29 heavy (non-hydrogen) atoms. The van der Waals surface area contributed by atoms with Crippen molar-refractivity contribution in [2.24, 2.45) is 4.99 Å². The third-order valence-corrected chi connectivity index (χ3v) is 6.39. The van der Waals surface area contributed by atoms with Gasteiger partial charge in [-0.25, -0.2) is 4.98 Å². The molecule has 0 saturated carbocycles. The van der Waals surface area contributed by atoms with E-state index >= 15 is 0 Å². The van der Waals surface area contributed by atoms with E-state index in [0.29, 0.717) is 6.04 Å². The van der Waals surface area contributed by atoms with Crippen LogP contribution in [-0.4, -0.2) is 54.6 Å². The maximum absolute atomic E-state index is 5.42. The standard InChI is InChI=1S/C21H33N5OS.HI/c1-3-19-16-24-20(28-19)10-12-23-21(22-11-9-18-8-6-14-27-18)25-15-17-7-5-13-26(17)4-2;/h6,8,14,16-17H,3-5,7,9-13,15H2,1-2H3,(H2,22,23,25);1H. The Kier molecular flexibility index (Phi) is 11.0. The summed E-state index contributed by atoms with van der Waals surface area (Å²) in [6, 6.07) is 4.51. The topological polar surface area (TPSA) is 65.7 Å². The molecule has 3 heterocycles. The molecule has 1 fully saturated rings. The summed E-state index contributed by atoms with van der Waals surface area (Å²) in [5.41, 5.74) is 0. The van der Waals surface area contributed by atoms with Crippen LogP contribution in [0.25, 0.3) is 0 Å². The monoisotopic (exact) mass is 531 g/mol.